The fraction of sp³-hybridized carbons (Fsp3) is 0.278. The second kappa shape index (κ2) is 7.91. The number of halogens is 2. The number of urea groups is 1. The van der Waals surface area contributed by atoms with E-state index in [4.69, 9.17) is 0 Å². The number of carbonyl (C=O) groups is 1. The molecular weight excluding hydrogens is 376 g/mol. The van der Waals surface area contributed by atoms with Gasteiger partial charge in [-0.1, -0.05) is 18.2 Å². The van der Waals surface area contributed by atoms with Gasteiger partial charge in [0.25, 0.3) is 0 Å². The fourth-order valence-corrected chi connectivity index (χ4v) is 3.55. The Bertz CT molecular complexity index is 951. The minimum absolute atomic E-state index is 0.0384. The normalized spacial score (nSPS) is 13.8. The lowest BCUT2D eigenvalue weighted by molar-refractivity contribution is 0.262. The molecule has 0 fully saturated rings. The molecule has 0 saturated heterocycles. The topological polar surface area (TPSA) is 78.5 Å². The number of para-hydroxylation sites is 1. The van der Waals surface area contributed by atoms with E-state index in [1.807, 2.05) is 0 Å². The average Bonchev–Trinajstić information content (AvgIpc) is 2.61. The Morgan fingerprint density at radius 3 is 2.52 bits per heavy atom. The number of nitrogens with one attached hydrogen (secondary N) is 2. The van der Waals surface area contributed by atoms with Crippen molar-refractivity contribution in [3.8, 4) is 0 Å². The summed E-state index contributed by atoms with van der Waals surface area (Å²) in [6, 6.07) is 10.5. The zero-order valence-electron chi connectivity index (χ0n) is 14.4. The van der Waals surface area contributed by atoms with Crippen molar-refractivity contribution in [2.45, 2.75) is 12.8 Å². The van der Waals surface area contributed by atoms with Gasteiger partial charge in [-0.3, -0.25) is 0 Å². The van der Waals surface area contributed by atoms with Crippen molar-refractivity contribution in [2.75, 3.05) is 34.4 Å². The van der Waals surface area contributed by atoms with E-state index in [9.17, 15) is 21.5 Å². The summed E-state index contributed by atoms with van der Waals surface area (Å²) in [7, 11) is -4.55. The number of carbonyl (C=O) groups excluding carboxylic acids is 1. The summed E-state index contributed by atoms with van der Waals surface area (Å²) < 4.78 is 48.1. The molecule has 0 aromatic heterocycles. The highest BCUT2D eigenvalue weighted by Gasteiger charge is 2.22. The SMILES string of the molecule is O=C(Nc1ccccc1F)Nc1cccc2c1CCCN2CCS(=O)(=O)F. The second-order valence-electron chi connectivity index (χ2n) is 6.20. The molecule has 1 aliphatic heterocycles. The van der Waals surface area contributed by atoms with Crippen LogP contribution in [0.15, 0.2) is 42.5 Å². The maximum absolute atomic E-state index is 13.7. The highest BCUT2D eigenvalue weighted by atomic mass is 32.3. The minimum atomic E-state index is -4.55. The number of hydrogen-bond donors (Lipinski definition) is 2. The third-order valence-corrected chi connectivity index (χ3v) is 4.99. The Morgan fingerprint density at radius 2 is 1.78 bits per heavy atom. The molecule has 1 aliphatic rings. The molecule has 2 aromatic rings. The molecule has 27 heavy (non-hydrogen) atoms. The average molecular weight is 395 g/mol. The molecule has 9 heteroatoms. The lowest BCUT2D eigenvalue weighted by Crippen LogP contribution is -2.33. The zero-order valence-corrected chi connectivity index (χ0v) is 15.2. The van der Waals surface area contributed by atoms with Crippen molar-refractivity contribution < 1.29 is 21.5 Å². The molecule has 0 radical (unpaired) electrons. The van der Waals surface area contributed by atoms with Crippen LogP contribution in [0.25, 0.3) is 0 Å². The number of fused-ring (bicyclic) bond motifs is 1. The Hall–Kier alpha value is -2.68. The van der Waals surface area contributed by atoms with Crippen molar-refractivity contribution in [3.63, 3.8) is 0 Å². The van der Waals surface area contributed by atoms with E-state index in [-0.39, 0.29) is 12.2 Å². The number of anilines is 3. The van der Waals surface area contributed by atoms with Crippen LogP contribution in [0.3, 0.4) is 0 Å². The van der Waals surface area contributed by atoms with Crippen LogP contribution in [-0.2, 0) is 16.6 Å². The van der Waals surface area contributed by atoms with Crippen molar-refractivity contribution in [2.24, 2.45) is 0 Å². The van der Waals surface area contributed by atoms with Gasteiger partial charge < -0.3 is 15.5 Å². The molecule has 0 saturated carbocycles. The smallest absolute Gasteiger partial charge is 0.323 e. The van der Waals surface area contributed by atoms with Gasteiger partial charge in [0, 0.05) is 24.5 Å². The quantitative estimate of drug-likeness (QED) is 0.760. The van der Waals surface area contributed by atoms with Gasteiger partial charge >= 0.3 is 16.3 Å². The Morgan fingerprint density at radius 1 is 1.07 bits per heavy atom. The van der Waals surface area contributed by atoms with E-state index in [1.165, 1.54) is 18.2 Å². The van der Waals surface area contributed by atoms with Crippen molar-refractivity contribution in [1.29, 1.82) is 0 Å². The van der Waals surface area contributed by atoms with Crippen LogP contribution in [0.2, 0.25) is 0 Å². The molecule has 2 amide bonds. The van der Waals surface area contributed by atoms with Gasteiger partial charge in [-0.2, -0.15) is 8.42 Å². The highest BCUT2D eigenvalue weighted by Crippen LogP contribution is 2.33. The Kier molecular flexibility index (Phi) is 5.59. The summed E-state index contributed by atoms with van der Waals surface area (Å²) in [5.41, 5.74) is 2.21. The third-order valence-electron chi connectivity index (χ3n) is 4.32. The van der Waals surface area contributed by atoms with Crippen LogP contribution in [0.1, 0.15) is 12.0 Å². The van der Waals surface area contributed by atoms with Crippen LogP contribution >= 0.6 is 0 Å². The van der Waals surface area contributed by atoms with Gasteiger partial charge in [-0.05, 0) is 42.7 Å². The molecule has 3 rings (SSSR count). The number of hydrogen-bond acceptors (Lipinski definition) is 4. The van der Waals surface area contributed by atoms with E-state index in [2.05, 4.69) is 10.6 Å². The first-order chi connectivity index (χ1) is 12.8. The summed E-state index contributed by atoms with van der Waals surface area (Å²) in [4.78, 5) is 14.0. The van der Waals surface area contributed by atoms with Gasteiger partial charge in [-0.25, -0.2) is 9.18 Å². The molecule has 2 N–H and O–H groups in total. The van der Waals surface area contributed by atoms with Crippen LogP contribution in [0, 0.1) is 5.82 Å². The van der Waals surface area contributed by atoms with Gasteiger partial charge in [-0.15, -0.1) is 3.89 Å². The zero-order chi connectivity index (χ0) is 19.4. The van der Waals surface area contributed by atoms with Gasteiger partial charge in [0.2, 0.25) is 0 Å². The second-order valence-corrected chi connectivity index (χ2v) is 7.68. The summed E-state index contributed by atoms with van der Waals surface area (Å²) in [6.07, 6.45) is 1.43. The van der Waals surface area contributed by atoms with Crippen molar-refractivity contribution in [1.82, 2.24) is 0 Å². The van der Waals surface area contributed by atoms with E-state index in [0.717, 1.165) is 17.7 Å². The standard InChI is InChI=1S/C18H19F2N3O3S/c19-14-6-1-2-7-16(14)22-18(24)21-15-8-3-9-17-13(15)5-4-10-23(17)11-12-27(20,25)26/h1-3,6-9H,4-5,10-12H2,(H2,21,22,24). The van der Waals surface area contributed by atoms with Crippen LogP contribution < -0.4 is 15.5 Å². The van der Waals surface area contributed by atoms with E-state index in [1.54, 1.807) is 29.2 Å². The molecular formula is C18H19F2N3O3S. The van der Waals surface area contributed by atoms with E-state index >= 15 is 0 Å². The molecule has 0 aliphatic carbocycles. The first-order valence-corrected chi connectivity index (χ1v) is 10.0. The molecule has 0 bridgehead atoms. The summed E-state index contributed by atoms with van der Waals surface area (Å²) >= 11 is 0. The molecule has 144 valence electrons. The van der Waals surface area contributed by atoms with Crippen molar-refractivity contribution in [3.05, 3.63) is 53.8 Å². The van der Waals surface area contributed by atoms with Crippen molar-refractivity contribution >= 4 is 33.3 Å². The Balaban J connectivity index is 1.76. The largest absolute Gasteiger partial charge is 0.370 e. The van der Waals surface area contributed by atoms with Gasteiger partial charge in [0.05, 0.1) is 11.4 Å². The predicted molar refractivity (Wildman–Crippen MR) is 101 cm³/mol. The third kappa shape index (κ3) is 4.94. The minimum Gasteiger partial charge on any atom is -0.370 e. The molecule has 2 aromatic carbocycles. The lowest BCUT2D eigenvalue weighted by Gasteiger charge is -2.32. The number of benzene rings is 2. The highest BCUT2D eigenvalue weighted by molar-refractivity contribution is 7.86. The summed E-state index contributed by atoms with van der Waals surface area (Å²) in [5, 5.41) is 5.16. The molecule has 0 spiro atoms. The fourth-order valence-electron chi connectivity index (χ4n) is 3.11. The maximum Gasteiger partial charge on any atom is 0.323 e. The Labute approximate surface area is 156 Å². The van der Waals surface area contributed by atoms with Crippen LogP contribution in [-0.4, -0.2) is 33.3 Å². The molecule has 6 nitrogen and oxygen atoms in total. The maximum atomic E-state index is 13.7. The van der Waals surface area contributed by atoms with Crippen LogP contribution in [0.4, 0.5) is 30.1 Å². The number of nitrogens with zero attached hydrogens (tertiary/aromatic N) is 1. The molecule has 0 unspecified atom stereocenters. The number of amides is 2. The molecule has 1 heterocycles. The first-order valence-electron chi connectivity index (χ1n) is 8.45. The first kappa shape index (κ1) is 19.1. The van der Waals surface area contributed by atoms with Gasteiger partial charge in [0.1, 0.15) is 5.82 Å². The lowest BCUT2D eigenvalue weighted by atomic mass is 9.99. The van der Waals surface area contributed by atoms with E-state index < -0.39 is 27.8 Å². The van der Waals surface area contributed by atoms with Gasteiger partial charge in [0.15, 0.2) is 0 Å². The summed E-state index contributed by atoms with van der Waals surface area (Å²) in [5.74, 6) is -1.13. The summed E-state index contributed by atoms with van der Waals surface area (Å²) in [6.45, 7) is 0.643. The van der Waals surface area contributed by atoms with Crippen LogP contribution in [0.5, 0.6) is 0 Å². The monoisotopic (exact) mass is 395 g/mol. The van der Waals surface area contributed by atoms with E-state index in [0.29, 0.717) is 18.7 Å². The molecule has 0 atom stereocenters. The predicted octanol–water partition coefficient (Wildman–Crippen LogP) is 3.52. The number of rotatable bonds is 5.